The van der Waals surface area contributed by atoms with Crippen LogP contribution in [-0.4, -0.2) is 11.1 Å². The highest BCUT2D eigenvalue weighted by atomic mass is 79.9. The van der Waals surface area contributed by atoms with Gasteiger partial charge in [-0.15, -0.1) is 0 Å². The molecule has 2 aromatic carbocycles. The van der Waals surface area contributed by atoms with Crippen LogP contribution in [0.25, 0.3) is 0 Å². The Balaban J connectivity index is 2.19. The molecule has 6 heteroatoms. The van der Waals surface area contributed by atoms with Crippen LogP contribution in [0.4, 0.5) is 8.78 Å². The lowest BCUT2D eigenvalue weighted by Gasteiger charge is -2.12. The third-order valence-electron chi connectivity index (χ3n) is 2.80. The largest absolute Gasteiger partial charge is 0.485 e. The summed E-state index contributed by atoms with van der Waals surface area (Å²) >= 11 is 3.03. The molecule has 0 heterocycles. The summed E-state index contributed by atoms with van der Waals surface area (Å²) in [7, 11) is 0. The number of carboxylic acid groups (broad SMARTS) is 1. The first-order valence-corrected chi connectivity index (χ1v) is 6.82. The highest BCUT2D eigenvalue weighted by Crippen LogP contribution is 2.30. The molecule has 0 aromatic heterocycles. The molecule has 1 N–H and O–H groups in total. The summed E-state index contributed by atoms with van der Waals surface area (Å²) in [6.07, 6.45) is -0.146. The average Bonchev–Trinajstić information content (AvgIpc) is 2.38. The van der Waals surface area contributed by atoms with Crippen LogP contribution in [0.15, 0.2) is 40.9 Å². The van der Waals surface area contributed by atoms with Gasteiger partial charge in [0.25, 0.3) is 0 Å². The van der Waals surface area contributed by atoms with Gasteiger partial charge in [0.05, 0.1) is 10.9 Å². The smallest absolute Gasteiger partial charge is 0.307 e. The van der Waals surface area contributed by atoms with Crippen molar-refractivity contribution in [1.82, 2.24) is 0 Å². The molecule has 0 spiro atoms. The van der Waals surface area contributed by atoms with E-state index in [0.29, 0.717) is 11.1 Å². The van der Waals surface area contributed by atoms with Crippen LogP contribution in [0.3, 0.4) is 0 Å². The Bertz CT molecular complexity index is 651. The maximum Gasteiger partial charge on any atom is 0.307 e. The van der Waals surface area contributed by atoms with Crippen molar-refractivity contribution in [2.75, 3.05) is 0 Å². The van der Waals surface area contributed by atoms with E-state index in [1.165, 1.54) is 0 Å². The quantitative estimate of drug-likeness (QED) is 0.882. The summed E-state index contributed by atoms with van der Waals surface area (Å²) in [4.78, 5) is 10.8. The number of benzene rings is 2. The minimum atomic E-state index is -0.961. The fourth-order valence-electron chi connectivity index (χ4n) is 1.85. The van der Waals surface area contributed by atoms with Gasteiger partial charge < -0.3 is 9.84 Å². The lowest BCUT2D eigenvalue weighted by atomic mass is 10.1. The molecular formula is C15H11BrF2O3. The molecule has 0 aliphatic carbocycles. The monoisotopic (exact) mass is 356 g/mol. The molecule has 2 rings (SSSR count). The van der Waals surface area contributed by atoms with Gasteiger partial charge in [-0.25, -0.2) is 8.78 Å². The summed E-state index contributed by atoms with van der Waals surface area (Å²) in [6, 6.07) is 8.65. The zero-order valence-corrected chi connectivity index (χ0v) is 12.4. The van der Waals surface area contributed by atoms with Crippen LogP contribution in [0.1, 0.15) is 11.1 Å². The summed E-state index contributed by atoms with van der Waals surface area (Å²) < 4.78 is 32.1. The van der Waals surface area contributed by atoms with Crippen molar-refractivity contribution < 1.29 is 23.4 Å². The number of hydrogen-bond donors (Lipinski definition) is 1. The molecule has 0 fully saturated rings. The topological polar surface area (TPSA) is 46.5 Å². The molecule has 0 saturated heterocycles. The van der Waals surface area contributed by atoms with Gasteiger partial charge >= 0.3 is 5.97 Å². The van der Waals surface area contributed by atoms with Crippen molar-refractivity contribution in [2.24, 2.45) is 0 Å². The van der Waals surface area contributed by atoms with Gasteiger partial charge in [0.15, 0.2) is 11.6 Å². The second kappa shape index (κ2) is 6.67. The number of hydrogen-bond acceptors (Lipinski definition) is 2. The molecule has 0 bridgehead atoms. The molecule has 0 saturated carbocycles. The van der Waals surface area contributed by atoms with Gasteiger partial charge in [0, 0.05) is 6.07 Å². The van der Waals surface area contributed by atoms with Crippen LogP contribution in [-0.2, 0) is 17.8 Å². The first kappa shape index (κ1) is 15.4. The van der Waals surface area contributed by atoms with Crippen molar-refractivity contribution >= 4 is 21.9 Å². The van der Waals surface area contributed by atoms with Crippen molar-refractivity contribution in [3.05, 3.63) is 63.6 Å². The lowest BCUT2D eigenvalue weighted by Crippen LogP contribution is -2.06. The van der Waals surface area contributed by atoms with E-state index in [9.17, 15) is 13.6 Å². The van der Waals surface area contributed by atoms with Crippen molar-refractivity contribution in [2.45, 2.75) is 13.0 Å². The second-order valence-corrected chi connectivity index (χ2v) is 5.18. The summed E-state index contributed by atoms with van der Waals surface area (Å²) in [5.41, 5.74) is 1.22. The van der Waals surface area contributed by atoms with Crippen LogP contribution < -0.4 is 4.74 Å². The zero-order chi connectivity index (χ0) is 15.4. The third-order valence-corrected chi connectivity index (χ3v) is 3.38. The number of carbonyl (C=O) groups is 1. The molecule has 3 nitrogen and oxygen atoms in total. The van der Waals surface area contributed by atoms with Gasteiger partial charge in [0.2, 0.25) is 0 Å². The Kier molecular flexibility index (Phi) is 4.90. The minimum absolute atomic E-state index is 0.00932. The maximum absolute atomic E-state index is 13.6. The first-order valence-electron chi connectivity index (χ1n) is 6.03. The predicted molar refractivity (Wildman–Crippen MR) is 76.2 cm³/mol. The highest BCUT2D eigenvalue weighted by Gasteiger charge is 2.13. The molecule has 0 radical (unpaired) electrons. The number of halogens is 3. The van der Waals surface area contributed by atoms with E-state index in [1.54, 1.807) is 24.3 Å². The van der Waals surface area contributed by atoms with E-state index in [0.717, 1.165) is 12.1 Å². The number of rotatable bonds is 5. The molecule has 110 valence electrons. The predicted octanol–water partition coefficient (Wildman–Crippen LogP) is 3.93. The number of carboxylic acids is 1. The van der Waals surface area contributed by atoms with Crippen molar-refractivity contribution in [3.63, 3.8) is 0 Å². The van der Waals surface area contributed by atoms with E-state index < -0.39 is 17.6 Å². The Morgan fingerprint density at radius 3 is 2.48 bits per heavy atom. The zero-order valence-electron chi connectivity index (χ0n) is 10.8. The molecule has 0 amide bonds. The molecular weight excluding hydrogens is 346 g/mol. The molecule has 0 unspecified atom stereocenters. The lowest BCUT2D eigenvalue weighted by molar-refractivity contribution is -0.136. The van der Waals surface area contributed by atoms with Crippen LogP contribution in [0.5, 0.6) is 5.75 Å². The highest BCUT2D eigenvalue weighted by molar-refractivity contribution is 9.10. The van der Waals surface area contributed by atoms with E-state index in [4.69, 9.17) is 9.84 Å². The van der Waals surface area contributed by atoms with Gasteiger partial charge in [0.1, 0.15) is 12.4 Å². The van der Waals surface area contributed by atoms with Crippen LogP contribution in [0, 0.1) is 11.6 Å². The summed E-state index contributed by atoms with van der Waals surface area (Å²) in [5, 5.41) is 8.85. The maximum atomic E-state index is 13.6. The van der Waals surface area contributed by atoms with Crippen molar-refractivity contribution in [3.8, 4) is 5.75 Å². The third kappa shape index (κ3) is 4.01. The van der Waals surface area contributed by atoms with Crippen LogP contribution >= 0.6 is 15.9 Å². The number of ether oxygens (including phenoxy) is 1. The van der Waals surface area contributed by atoms with E-state index in [-0.39, 0.29) is 23.2 Å². The standard InChI is InChI=1S/C15H11BrF2O3/c16-12-6-11(17)7-13(18)15(12)21-8-10-4-2-1-3-9(10)5-14(19)20/h1-4,6-7H,5,8H2,(H,19,20). The Labute approximate surface area is 128 Å². The number of aliphatic carboxylic acids is 1. The summed E-state index contributed by atoms with van der Waals surface area (Å²) in [5.74, 6) is -2.60. The molecule has 0 aliphatic rings. The van der Waals surface area contributed by atoms with E-state index >= 15 is 0 Å². The fourth-order valence-corrected chi connectivity index (χ4v) is 2.37. The molecule has 0 aliphatic heterocycles. The summed E-state index contributed by atoms with van der Waals surface area (Å²) in [6.45, 7) is -0.00932. The van der Waals surface area contributed by atoms with E-state index in [2.05, 4.69) is 15.9 Å². The SMILES string of the molecule is O=C(O)Cc1ccccc1COc1c(F)cc(F)cc1Br. The molecule has 0 atom stereocenters. The second-order valence-electron chi connectivity index (χ2n) is 4.33. The molecule has 21 heavy (non-hydrogen) atoms. The van der Waals surface area contributed by atoms with Gasteiger partial charge in [-0.05, 0) is 33.1 Å². The Hall–Kier alpha value is -1.95. The van der Waals surface area contributed by atoms with Crippen LogP contribution in [0.2, 0.25) is 0 Å². The first-order chi connectivity index (χ1) is 9.97. The minimum Gasteiger partial charge on any atom is -0.485 e. The van der Waals surface area contributed by atoms with Gasteiger partial charge in [-0.3, -0.25) is 4.79 Å². The van der Waals surface area contributed by atoms with E-state index in [1.807, 2.05) is 0 Å². The van der Waals surface area contributed by atoms with Crippen molar-refractivity contribution in [1.29, 1.82) is 0 Å². The Morgan fingerprint density at radius 2 is 1.86 bits per heavy atom. The Morgan fingerprint density at radius 1 is 1.19 bits per heavy atom. The average molecular weight is 357 g/mol. The molecule has 2 aromatic rings. The van der Waals surface area contributed by atoms with Gasteiger partial charge in [-0.2, -0.15) is 0 Å². The normalized spacial score (nSPS) is 10.4. The van der Waals surface area contributed by atoms with Gasteiger partial charge in [-0.1, -0.05) is 24.3 Å². The fraction of sp³-hybridized carbons (Fsp3) is 0.133.